The van der Waals surface area contributed by atoms with Crippen molar-refractivity contribution in [1.82, 2.24) is 0 Å². The smallest absolute Gasteiger partial charge is 0.0446 e. The van der Waals surface area contributed by atoms with Crippen LogP contribution in [0.4, 0.5) is 0 Å². The lowest BCUT2D eigenvalue weighted by Crippen LogP contribution is -2.18. The second kappa shape index (κ2) is 5.49. The molecule has 0 heterocycles. The Labute approximate surface area is 74.0 Å². The molecule has 0 aromatic heterocycles. The number of hydrogen-bond acceptors (Lipinski definition) is 2. The third-order valence-electron chi connectivity index (χ3n) is 1.64. The Kier molecular flexibility index (Phi) is 4.97. The zero-order valence-corrected chi connectivity index (χ0v) is 7.67. The van der Waals surface area contributed by atoms with Gasteiger partial charge in [-0.3, -0.25) is 0 Å². The number of nitrogens with two attached hydrogens (primary N) is 1. The van der Waals surface area contributed by atoms with Crippen LogP contribution in [0.15, 0.2) is 36.0 Å². The molecule has 0 aliphatic rings. The summed E-state index contributed by atoms with van der Waals surface area (Å²) in [5.41, 5.74) is 7.82. The maximum absolute atomic E-state index is 6.86. The van der Waals surface area contributed by atoms with Crippen LogP contribution in [0.1, 0.15) is 13.8 Å². The van der Waals surface area contributed by atoms with E-state index in [2.05, 4.69) is 6.58 Å². The van der Waals surface area contributed by atoms with Crippen molar-refractivity contribution in [3.8, 4) is 0 Å². The molecular formula is C10H16N2. The third kappa shape index (κ3) is 3.88. The van der Waals surface area contributed by atoms with Gasteiger partial charge in [-0.05, 0) is 19.9 Å². The van der Waals surface area contributed by atoms with Crippen LogP contribution >= 0.6 is 0 Å². The Hall–Kier alpha value is -1.15. The lowest BCUT2D eigenvalue weighted by atomic mass is 10.1. The summed E-state index contributed by atoms with van der Waals surface area (Å²) in [5, 5.41) is 6.86. The molecule has 2 heteroatoms. The van der Waals surface area contributed by atoms with E-state index in [0.29, 0.717) is 0 Å². The molecule has 3 N–H and O–H groups in total. The van der Waals surface area contributed by atoms with Crippen LogP contribution in [-0.4, -0.2) is 12.3 Å². The molecule has 0 saturated heterocycles. The van der Waals surface area contributed by atoms with Gasteiger partial charge in [-0.2, -0.15) is 0 Å². The molecule has 0 bridgehead atoms. The maximum Gasteiger partial charge on any atom is 0.0446 e. The van der Waals surface area contributed by atoms with E-state index in [0.717, 1.165) is 11.1 Å². The predicted octanol–water partition coefficient (Wildman–Crippen LogP) is 2.04. The molecule has 0 rings (SSSR count). The maximum atomic E-state index is 6.86. The summed E-state index contributed by atoms with van der Waals surface area (Å²) < 4.78 is 0. The van der Waals surface area contributed by atoms with Crippen molar-refractivity contribution in [3.05, 3.63) is 36.0 Å². The molecule has 1 unspecified atom stereocenters. The highest BCUT2D eigenvalue weighted by Gasteiger charge is 1.98. The van der Waals surface area contributed by atoms with Crippen molar-refractivity contribution < 1.29 is 0 Å². The standard InChI is InChI=1S/C10H16N2/c1-4-8(2)7-10(12)9(3)5-6-11/h4-7,10-11H,1,12H2,2-3H3/b8-7-,9-5+,11-6?. The molecule has 0 aliphatic carbocycles. The lowest BCUT2D eigenvalue weighted by molar-refractivity contribution is 0.943. The van der Waals surface area contributed by atoms with Crippen LogP contribution in [0.5, 0.6) is 0 Å². The second-order valence-corrected chi connectivity index (χ2v) is 2.72. The first-order valence-corrected chi connectivity index (χ1v) is 3.85. The molecule has 12 heavy (non-hydrogen) atoms. The number of rotatable bonds is 4. The average Bonchev–Trinajstić information content (AvgIpc) is 2.04. The molecule has 0 fully saturated rings. The summed E-state index contributed by atoms with van der Waals surface area (Å²) in [5.74, 6) is 0. The highest BCUT2D eigenvalue weighted by Crippen LogP contribution is 2.03. The van der Waals surface area contributed by atoms with Crippen molar-refractivity contribution in [1.29, 1.82) is 5.41 Å². The molecule has 0 spiro atoms. The number of nitrogens with one attached hydrogen (secondary N) is 1. The molecule has 0 aliphatic heterocycles. The minimum atomic E-state index is -0.107. The minimum Gasteiger partial charge on any atom is -0.321 e. The molecule has 0 aromatic rings. The fraction of sp³-hybridized carbons (Fsp3) is 0.300. The van der Waals surface area contributed by atoms with E-state index in [-0.39, 0.29) is 6.04 Å². The fourth-order valence-electron chi connectivity index (χ4n) is 0.725. The van der Waals surface area contributed by atoms with E-state index < -0.39 is 0 Å². The SMILES string of the molecule is C=C/C(C)=C\C(N)/C(C)=C/C=N. The van der Waals surface area contributed by atoms with E-state index >= 15 is 0 Å². The fourth-order valence-corrected chi connectivity index (χ4v) is 0.725. The highest BCUT2D eigenvalue weighted by molar-refractivity contribution is 5.69. The van der Waals surface area contributed by atoms with Gasteiger partial charge in [0.05, 0.1) is 0 Å². The molecule has 0 saturated carbocycles. The van der Waals surface area contributed by atoms with Gasteiger partial charge >= 0.3 is 0 Å². The van der Waals surface area contributed by atoms with Gasteiger partial charge in [0.2, 0.25) is 0 Å². The van der Waals surface area contributed by atoms with Gasteiger partial charge in [-0.1, -0.05) is 29.9 Å². The van der Waals surface area contributed by atoms with Gasteiger partial charge in [0.25, 0.3) is 0 Å². The Morgan fingerprint density at radius 3 is 2.50 bits per heavy atom. The van der Waals surface area contributed by atoms with Crippen molar-refractivity contribution >= 4 is 6.21 Å². The van der Waals surface area contributed by atoms with E-state index in [4.69, 9.17) is 11.1 Å². The summed E-state index contributed by atoms with van der Waals surface area (Å²) in [6.07, 6.45) is 6.61. The molecule has 66 valence electrons. The summed E-state index contributed by atoms with van der Waals surface area (Å²) >= 11 is 0. The Bertz CT molecular complexity index is 224. The van der Waals surface area contributed by atoms with E-state index in [1.165, 1.54) is 6.21 Å². The summed E-state index contributed by atoms with van der Waals surface area (Å²) in [7, 11) is 0. The Balaban J connectivity index is 4.39. The van der Waals surface area contributed by atoms with Gasteiger partial charge < -0.3 is 11.1 Å². The van der Waals surface area contributed by atoms with E-state index in [9.17, 15) is 0 Å². The van der Waals surface area contributed by atoms with Gasteiger partial charge in [0.15, 0.2) is 0 Å². The topological polar surface area (TPSA) is 49.9 Å². The lowest BCUT2D eigenvalue weighted by Gasteiger charge is -2.06. The van der Waals surface area contributed by atoms with Crippen LogP contribution in [-0.2, 0) is 0 Å². The Morgan fingerprint density at radius 1 is 1.50 bits per heavy atom. The first kappa shape index (κ1) is 10.8. The normalized spacial score (nSPS) is 15.6. The van der Waals surface area contributed by atoms with Crippen LogP contribution in [0.25, 0.3) is 0 Å². The summed E-state index contributed by atoms with van der Waals surface area (Å²) in [6, 6.07) is -0.107. The number of hydrogen-bond donors (Lipinski definition) is 2. The second-order valence-electron chi connectivity index (χ2n) is 2.72. The first-order chi connectivity index (χ1) is 5.61. The highest BCUT2D eigenvalue weighted by atomic mass is 14.6. The van der Waals surface area contributed by atoms with Gasteiger partial charge in [-0.15, -0.1) is 0 Å². The van der Waals surface area contributed by atoms with E-state index in [1.807, 2.05) is 19.9 Å². The molecular weight excluding hydrogens is 148 g/mol. The molecule has 0 aromatic carbocycles. The third-order valence-corrected chi connectivity index (χ3v) is 1.64. The van der Waals surface area contributed by atoms with Crippen LogP contribution in [0, 0.1) is 5.41 Å². The summed E-state index contributed by atoms with van der Waals surface area (Å²) in [6.45, 7) is 7.49. The molecule has 1 atom stereocenters. The monoisotopic (exact) mass is 164 g/mol. The van der Waals surface area contributed by atoms with Gasteiger partial charge in [-0.25, -0.2) is 0 Å². The van der Waals surface area contributed by atoms with Gasteiger partial charge in [0, 0.05) is 12.3 Å². The van der Waals surface area contributed by atoms with E-state index in [1.54, 1.807) is 12.2 Å². The minimum absolute atomic E-state index is 0.107. The predicted molar refractivity (Wildman–Crippen MR) is 54.5 cm³/mol. The number of allylic oxidation sites excluding steroid dienone is 3. The van der Waals surface area contributed by atoms with Crippen molar-refractivity contribution in [2.24, 2.45) is 5.73 Å². The molecule has 0 radical (unpaired) electrons. The van der Waals surface area contributed by atoms with Crippen LogP contribution in [0.3, 0.4) is 0 Å². The molecule has 0 amide bonds. The van der Waals surface area contributed by atoms with Crippen molar-refractivity contribution in [2.45, 2.75) is 19.9 Å². The van der Waals surface area contributed by atoms with Gasteiger partial charge in [0.1, 0.15) is 0 Å². The first-order valence-electron chi connectivity index (χ1n) is 3.85. The van der Waals surface area contributed by atoms with Crippen molar-refractivity contribution in [3.63, 3.8) is 0 Å². The average molecular weight is 164 g/mol. The van der Waals surface area contributed by atoms with Crippen molar-refractivity contribution in [2.75, 3.05) is 0 Å². The zero-order chi connectivity index (χ0) is 9.56. The summed E-state index contributed by atoms with van der Waals surface area (Å²) in [4.78, 5) is 0. The van der Waals surface area contributed by atoms with Crippen LogP contribution in [0.2, 0.25) is 0 Å². The zero-order valence-electron chi connectivity index (χ0n) is 7.67. The molecule has 2 nitrogen and oxygen atoms in total. The largest absolute Gasteiger partial charge is 0.321 e. The Morgan fingerprint density at radius 2 is 2.08 bits per heavy atom. The quantitative estimate of drug-likeness (QED) is 0.485. The van der Waals surface area contributed by atoms with Crippen LogP contribution < -0.4 is 5.73 Å².